The number of hydrogen-bond donors (Lipinski definition) is 1. The molecule has 0 bridgehead atoms. The molecule has 0 saturated heterocycles. The van der Waals surface area contributed by atoms with Crippen LogP contribution in [0.2, 0.25) is 5.02 Å². The molecule has 1 rings (SSSR count). The lowest BCUT2D eigenvalue weighted by atomic mass is 10.1. The molecule has 1 N–H and O–H groups in total. The van der Waals surface area contributed by atoms with E-state index in [9.17, 15) is 4.79 Å². The van der Waals surface area contributed by atoms with E-state index in [0.717, 1.165) is 0 Å². The van der Waals surface area contributed by atoms with Gasteiger partial charge in [0.1, 0.15) is 0 Å². The number of hydrogen-bond acceptors (Lipinski definition) is 2. The zero-order valence-corrected chi connectivity index (χ0v) is 9.87. The molecular formula is C12H14ClNO2. The number of benzene rings is 1. The summed E-state index contributed by atoms with van der Waals surface area (Å²) in [5.41, 5.74) is 0.885. The summed E-state index contributed by atoms with van der Waals surface area (Å²) in [6.45, 7) is 6.90. The molecule has 86 valence electrons. The lowest BCUT2D eigenvalue weighted by Crippen LogP contribution is -2.24. The number of halogens is 1. The summed E-state index contributed by atoms with van der Waals surface area (Å²) in [5, 5.41) is 9.60. The number of aromatic carboxylic acids is 1. The molecule has 0 aliphatic carbocycles. The van der Waals surface area contributed by atoms with Gasteiger partial charge in [0.25, 0.3) is 0 Å². The van der Waals surface area contributed by atoms with Crippen LogP contribution in [0.25, 0.3) is 0 Å². The van der Waals surface area contributed by atoms with Gasteiger partial charge in [-0.25, -0.2) is 4.79 Å². The number of rotatable bonds is 5. The van der Waals surface area contributed by atoms with Gasteiger partial charge in [0.05, 0.1) is 11.3 Å². The van der Waals surface area contributed by atoms with Gasteiger partial charge in [0.15, 0.2) is 0 Å². The van der Waals surface area contributed by atoms with Crippen LogP contribution in [-0.4, -0.2) is 24.2 Å². The number of carboxylic acids is 1. The van der Waals surface area contributed by atoms with Crippen LogP contribution in [0, 0.1) is 0 Å². The topological polar surface area (TPSA) is 40.5 Å². The van der Waals surface area contributed by atoms with Gasteiger partial charge in [-0.1, -0.05) is 17.7 Å². The van der Waals surface area contributed by atoms with E-state index in [1.165, 1.54) is 6.07 Å². The monoisotopic (exact) mass is 239 g/mol. The molecule has 0 saturated carbocycles. The van der Waals surface area contributed by atoms with E-state index in [1.807, 2.05) is 11.8 Å². The molecular weight excluding hydrogens is 226 g/mol. The van der Waals surface area contributed by atoms with Crippen molar-refractivity contribution >= 4 is 23.3 Å². The molecule has 0 atom stereocenters. The SMILES string of the molecule is C=CCN(CC)c1cc(Cl)ccc1C(=O)O. The molecule has 0 aliphatic heterocycles. The molecule has 4 heteroatoms. The Balaban J connectivity index is 3.21. The average Bonchev–Trinajstić information content (AvgIpc) is 2.25. The maximum Gasteiger partial charge on any atom is 0.337 e. The highest BCUT2D eigenvalue weighted by Gasteiger charge is 2.14. The molecule has 16 heavy (non-hydrogen) atoms. The summed E-state index contributed by atoms with van der Waals surface area (Å²) < 4.78 is 0. The number of anilines is 1. The smallest absolute Gasteiger partial charge is 0.337 e. The van der Waals surface area contributed by atoms with Crippen molar-refractivity contribution in [1.29, 1.82) is 0 Å². The van der Waals surface area contributed by atoms with Crippen LogP contribution in [0.4, 0.5) is 5.69 Å². The summed E-state index contributed by atoms with van der Waals surface area (Å²) in [6.07, 6.45) is 1.73. The van der Waals surface area contributed by atoms with Crippen LogP contribution >= 0.6 is 11.6 Å². The number of nitrogens with zero attached hydrogens (tertiary/aromatic N) is 1. The number of carbonyl (C=O) groups is 1. The van der Waals surface area contributed by atoms with E-state index in [4.69, 9.17) is 16.7 Å². The second-order valence-corrected chi connectivity index (χ2v) is 3.73. The maximum absolute atomic E-state index is 11.1. The van der Waals surface area contributed by atoms with Crippen LogP contribution in [0.3, 0.4) is 0 Å². The zero-order chi connectivity index (χ0) is 12.1. The third-order valence-corrected chi connectivity index (χ3v) is 2.50. The van der Waals surface area contributed by atoms with Crippen molar-refractivity contribution in [1.82, 2.24) is 0 Å². The first-order valence-electron chi connectivity index (χ1n) is 4.98. The first-order valence-corrected chi connectivity index (χ1v) is 5.36. The predicted molar refractivity (Wildman–Crippen MR) is 66.5 cm³/mol. The van der Waals surface area contributed by atoms with E-state index in [1.54, 1.807) is 18.2 Å². The Morgan fingerprint density at radius 2 is 2.31 bits per heavy atom. The van der Waals surface area contributed by atoms with Gasteiger partial charge in [-0.3, -0.25) is 0 Å². The third kappa shape index (κ3) is 2.76. The van der Waals surface area contributed by atoms with Crippen LogP contribution < -0.4 is 4.90 Å². The Labute approximate surface area is 100.0 Å². The number of likely N-dealkylation sites (N-methyl/N-ethyl adjacent to an activating group) is 1. The Morgan fingerprint density at radius 1 is 1.62 bits per heavy atom. The molecule has 1 aromatic rings. The fourth-order valence-electron chi connectivity index (χ4n) is 1.50. The normalized spacial score (nSPS) is 9.88. The molecule has 0 radical (unpaired) electrons. The fraction of sp³-hybridized carbons (Fsp3) is 0.250. The van der Waals surface area contributed by atoms with Crippen LogP contribution in [-0.2, 0) is 0 Å². The highest BCUT2D eigenvalue weighted by Crippen LogP contribution is 2.24. The molecule has 0 spiro atoms. The van der Waals surface area contributed by atoms with Gasteiger partial charge in [0, 0.05) is 18.1 Å². The van der Waals surface area contributed by atoms with E-state index in [2.05, 4.69) is 6.58 Å². The van der Waals surface area contributed by atoms with Crippen LogP contribution in [0.1, 0.15) is 17.3 Å². The van der Waals surface area contributed by atoms with Gasteiger partial charge < -0.3 is 10.0 Å². The molecule has 0 fully saturated rings. The fourth-order valence-corrected chi connectivity index (χ4v) is 1.67. The molecule has 0 aliphatic rings. The maximum atomic E-state index is 11.1. The number of carboxylic acid groups (broad SMARTS) is 1. The quantitative estimate of drug-likeness (QED) is 0.803. The molecule has 0 heterocycles. The van der Waals surface area contributed by atoms with Crippen molar-refractivity contribution in [3.05, 3.63) is 41.4 Å². The molecule has 3 nitrogen and oxygen atoms in total. The Hall–Kier alpha value is -1.48. The molecule has 0 unspecified atom stereocenters. The van der Waals surface area contributed by atoms with Crippen molar-refractivity contribution in [2.45, 2.75) is 6.92 Å². The third-order valence-electron chi connectivity index (χ3n) is 2.26. The largest absolute Gasteiger partial charge is 0.478 e. The minimum absolute atomic E-state index is 0.258. The van der Waals surface area contributed by atoms with Gasteiger partial charge in [-0.05, 0) is 25.1 Å². The highest BCUT2D eigenvalue weighted by atomic mass is 35.5. The van der Waals surface area contributed by atoms with Gasteiger partial charge in [-0.2, -0.15) is 0 Å². The summed E-state index contributed by atoms with van der Waals surface area (Å²) >= 11 is 5.88. The lowest BCUT2D eigenvalue weighted by molar-refractivity contribution is 0.0697. The van der Waals surface area contributed by atoms with Crippen LogP contribution in [0.5, 0.6) is 0 Å². The summed E-state index contributed by atoms with van der Waals surface area (Å²) in [7, 11) is 0. The molecule has 0 aromatic heterocycles. The van der Waals surface area contributed by atoms with Crippen molar-refractivity contribution in [2.75, 3.05) is 18.0 Å². The van der Waals surface area contributed by atoms with Crippen molar-refractivity contribution in [3.8, 4) is 0 Å². The second kappa shape index (κ2) is 5.56. The first-order chi connectivity index (χ1) is 7.60. The van der Waals surface area contributed by atoms with Gasteiger partial charge in [-0.15, -0.1) is 6.58 Å². The average molecular weight is 240 g/mol. The van der Waals surface area contributed by atoms with Crippen molar-refractivity contribution in [3.63, 3.8) is 0 Å². The Bertz CT molecular complexity index is 404. The zero-order valence-electron chi connectivity index (χ0n) is 9.11. The molecule has 1 aromatic carbocycles. The standard InChI is InChI=1S/C12H14ClNO2/c1-3-7-14(4-2)11-8-9(13)5-6-10(11)12(15)16/h3,5-6,8H,1,4,7H2,2H3,(H,15,16). The highest BCUT2D eigenvalue weighted by molar-refractivity contribution is 6.31. The summed E-state index contributed by atoms with van der Waals surface area (Å²) in [5.74, 6) is -0.950. The summed E-state index contributed by atoms with van der Waals surface area (Å²) in [4.78, 5) is 13.0. The van der Waals surface area contributed by atoms with Crippen molar-refractivity contribution < 1.29 is 9.90 Å². The molecule has 0 amide bonds. The van der Waals surface area contributed by atoms with Crippen LogP contribution in [0.15, 0.2) is 30.9 Å². The minimum atomic E-state index is -0.950. The van der Waals surface area contributed by atoms with Gasteiger partial charge in [0.2, 0.25) is 0 Å². The summed E-state index contributed by atoms with van der Waals surface area (Å²) in [6, 6.07) is 4.76. The first kappa shape index (κ1) is 12.6. The van der Waals surface area contributed by atoms with E-state index in [0.29, 0.717) is 23.8 Å². The second-order valence-electron chi connectivity index (χ2n) is 3.29. The van der Waals surface area contributed by atoms with E-state index < -0.39 is 5.97 Å². The minimum Gasteiger partial charge on any atom is -0.478 e. The van der Waals surface area contributed by atoms with Crippen molar-refractivity contribution in [2.24, 2.45) is 0 Å². The lowest BCUT2D eigenvalue weighted by Gasteiger charge is -2.23. The Kier molecular flexibility index (Phi) is 4.38. The van der Waals surface area contributed by atoms with E-state index in [-0.39, 0.29) is 5.56 Å². The van der Waals surface area contributed by atoms with E-state index >= 15 is 0 Å². The predicted octanol–water partition coefficient (Wildman–Crippen LogP) is 3.05. The Morgan fingerprint density at radius 3 is 2.81 bits per heavy atom. The van der Waals surface area contributed by atoms with Gasteiger partial charge >= 0.3 is 5.97 Å².